The van der Waals surface area contributed by atoms with Crippen molar-refractivity contribution in [3.63, 3.8) is 0 Å². The third-order valence-electron chi connectivity index (χ3n) is 2.96. The first-order valence-electron chi connectivity index (χ1n) is 6.35. The van der Waals surface area contributed by atoms with E-state index in [4.69, 9.17) is 10.6 Å². The zero-order valence-corrected chi connectivity index (χ0v) is 13.3. The van der Waals surface area contributed by atoms with Gasteiger partial charge in [-0.05, 0) is 37.6 Å². The molecule has 0 spiro atoms. The molecule has 5 heteroatoms. The molecule has 0 amide bonds. The van der Waals surface area contributed by atoms with Gasteiger partial charge < -0.3 is 10.6 Å². The van der Waals surface area contributed by atoms with Crippen molar-refractivity contribution in [2.24, 2.45) is 10.9 Å². The van der Waals surface area contributed by atoms with Gasteiger partial charge in [-0.1, -0.05) is 50.9 Å². The Labute approximate surface area is 131 Å². The van der Waals surface area contributed by atoms with E-state index in [1.54, 1.807) is 18.2 Å². The highest BCUT2D eigenvalue weighted by Crippen LogP contribution is 2.13. The maximum atomic E-state index is 12.0. The molecule has 0 aliphatic carbocycles. The molecular weight excluding hydrogens is 332 g/mol. The Morgan fingerprint density at radius 1 is 1.19 bits per heavy atom. The monoisotopic (exact) mass is 346 g/mol. The Bertz CT molecular complexity index is 711. The third-order valence-corrected chi connectivity index (χ3v) is 3.45. The molecule has 0 unspecified atom stereocenters. The van der Waals surface area contributed by atoms with Gasteiger partial charge in [-0.2, -0.15) is 0 Å². The van der Waals surface area contributed by atoms with Crippen molar-refractivity contribution >= 4 is 27.7 Å². The van der Waals surface area contributed by atoms with Crippen LogP contribution in [0.4, 0.5) is 0 Å². The Morgan fingerprint density at radius 2 is 1.95 bits per heavy atom. The normalized spacial score (nSPS) is 11.3. The molecule has 2 rings (SSSR count). The number of carbonyl (C=O) groups is 1. The molecule has 0 saturated carbocycles. The minimum atomic E-state index is -0.519. The molecule has 0 radical (unpaired) electrons. The molecule has 0 heterocycles. The van der Waals surface area contributed by atoms with Gasteiger partial charge in [0.25, 0.3) is 0 Å². The molecule has 108 valence electrons. The standard InChI is InChI=1S/C16H15BrN2O2/c1-10-6-7-11(2)14(8-10)16(20)21-19-15(18)12-4-3-5-13(17)9-12/h3-9H,1-2H3,(H2,18,19). The van der Waals surface area contributed by atoms with E-state index in [9.17, 15) is 4.79 Å². The fourth-order valence-corrected chi connectivity index (χ4v) is 2.20. The van der Waals surface area contributed by atoms with Gasteiger partial charge in [0.1, 0.15) is 0 Å². The first-order chi connectivity index (χ1) is 9.97. The summed E-state index contributed by atoms with van der Waals surface area (Å²) in [5, 5.41) is 3.71. The summed E-state index contributed by atoms with van der Waals surface area (Å²) in [6.07, 6.45) is 0. The van der Waals surface area contributed by atoms with Gasteiger partial charge in [0.15, 0.2) is 5.84 Å². The van der Waals surface area contributed by atoms with E-state index in [-0.39, 0.29) is 5.84 Å². The predicted molar refractivity (Wildman–Crippen MR) is 86.2 cm³/mol. The highest BCUT2D eigenvalue weighted by molar-refractivity contribution is 9.10. The van der Waals surface area contributed by atoms with E-state index >= 15 is 0 Å². The minimum Gasteiger partial charge on any atom is -0.380 e. The maximum Gasteiger partial charge on any atom is 0.366 e. The maximum absolute atomic E-state index is 12.0. The minimum absolute atomic E-state index is 0.148. The largest absolute Gasteiger partial charge is 0.380 e. The Hall–Kier alpha value is -2.14. The summed E-state index contributed by atoms with van der Waals surface area (Å²) in [5.41, 5.74) is 8.79. The van der Waals surface area contributed by atoms with Crippen LogP contribution in [0.25, 0.3) is 0 Å². The summed E-state index contributed by atoms with van der Waals surface area (Å²) in [7, 11) is 0. The second-order valence-corrected chi connectivity index (χ2v) is 5.60. The number of rotatable bonds is 3. The molecule has 21 heavy (non-hydrogen) atoms. The molecule has 2 aromatic rings. The van der Waals surface area contributed by atoms with E-state index in [0.717, 1.165) is 15.6 Å². The van der Waals surface area contributed by atoms with Crippen molar-refractivity contribution in [3.05, 3.63) is 69.2 Å². The van der Waals surface area contributed by atoms with Gasteiger partial charge in [0.05, 0.1) is 5.56 Å². The van der Waals surface area contributed by atoms with Crippen molar-refractivity contribution in [3.8, 4) is 0 Å². The average molecular weight is 347 g/mol. The van der Waals surface area contributed by atoms with E-state index in [2.05, 4.69) is 21.1 Å². The predicted octanol–water partition coefficient (Wildman–Crippen LogP) is 3.54. The summed E-state index contributed by atoms with van der Waals surface area (Å²) < 4.78 is 0.874. The zero-order chi connectivity index (χ0) is 15.4. The smallest absolute Gasteiger partial charge is 0.366 e. The summed E-state index contributed by atoms with van der Waals surface area (Å²) in [6, 6.07) is 12.9. The van der Waals surface area contributed by atoms with Crippen LogP contribution in [0.5, 0.6) is 0 Å². The van der Waals surface area contributed by atoms with Gasteiger partial charge in [0.2, 0.25) is 0 Å². The number of hydrogen-bond donors (Lipinski definition) is 1. The van der Waals surface area contributed by atoms with Crippen LogP contribution < -0.4 is 5.73 Å². The lowest BCUT2D eigenvalue weighted by molar-refractivity contribution is 0.0515. The van der Waals surface area contributed by atoms with Crippen LogP contribution in [0, 0.1) is 13.8 Å². The molecule has 0 fully saturated rings. The number of amidine groups is 1. The number of nitrogens with zero attached hydrogens (tertiary/aromatic N) is 1. The average Bonchev–Trinajstić information content (AvgIpc) is 2.47. The van der Waals surface area contributed by atoms with Crippen molar-refractivity contribution in [2.75, 3.05) is 0 Å². The zero-order valence-electron chi connectivity index (χ0n) is 11.8. The Balaban J connectivity index is 2.16. The van der Waals surface area contributed by atoms with E-state index < -0.39 is 5.97 Å². The topological polar surface area (TPSA) is 64.7 Å². The number of aryl methyl sites for hydroxylation is 2. The molecular formula is C16H15BrN2O2. The van der Waals surface area contributed by atoms with Gasteiger partial charge in [0, 0.05) is 10.0 Å². The van der Waals surface area contributed by atoms with Crippen LogP contribution in [0.1, 0.15) is 27.0 Å². The number of nitrogens with two attached hydrogens (primary N) is 1. The molecule has 0 aromatic heterocycles. The number of oxime groups is 1. The molecule has 0 atom stereocenters. The van der Waals surface area contributed by atoms with Gasteiger partial charge >= 0.3 is 5.97 Å². The lowest BCUT2D eigenvalue weighted by Gasteiger charge is -2.05. The number of benzene rings is 2. The molecule has 2 aromatic carbocycles. The molecule has 0 bridgehead atoms. The number of carbonyl (C=O) groups excluding carboxylic acids is 1. The van der Waals surface area contributed by atoms with Gasteiger partial charge in [-0.15, -0.1) is 0 Å². The molecule has 0 saturated heterocycles. The highest BCUT2D eigenvalue weighted by atomic mass is 79.9. The van der Waals surface area contributed by atoms with Crippen LogP contribution in [0.3, 0.4) is 0 Å². The van der Waals surface area contributed by atoms with Crippen molar-refractivity contribution < 1.29 is 9.63 Å². The quantitative estimate of drug-likeness (QED) is 0.400. The highest BCUT2D eigenvalue weighted by Gasteiger charge is 2.11. The molecule has 0 aliphatic rings. The van der Waals surface area contributed by atoms with Crippen molar-refractivity contribution in [1.82, 2.24) is 0 Å². The van der Waals surface area contributed by atoms with E-state index in [0.29, 0.717) is 11.1 Å². The second kappa shape index (κ2) is 6.54. The van der Waals surface area contributed by atoms with Gasteiger partial charge in [-0.3, -0.25) is 0 Å². The lowest BCUT2D eigenvalue weighted by atomic mass is 10.1. The van der Waals surface area contributed by atoms with Crippen LogP contribution in [0.15, 0.2) is 52.1 Å². The van der Waals surface area contributed by atoms with E-state index in [1.807, 2.05) is 38.1 Å². The SMILES string of the molecule is Cc1ccc(C)c(C(=O)O/N=C(/N)c2cccc(Br)c2)c1. The van der Waals surface area contributed by atoms with Crippen LogP contribution >= 0.6 is 15.9 Å². The fourth-order valence-electron chi connectivity index (χ4n) is 1.80. The third kappa shape index (κ3) is 3.92. The summed E-state index contributed by atoms with van der Waals surface area (Å²) >= 11 is 3.35. The fraction of sp³-hybridized carbons (Fsp3) is 0.125. The summed E-state index contributed by atoms with van der Waals surface area (Å²) in [5.74, 6) is -0.371. The molecule has 2 N–H and O–H groups in total. The number of hydrogen-bond acceptors (Lipinski definition) is 3. The second-order valence-electron chi connectivity index (χ2n) is 4.68. The van der Waals surface area contributed by atoms with Crippen LogP contribution in [0.2, 0.25) is 0 Å². The van der Waals surface area contributed by atoms with Crippen molar-refractivity contribution in [1.29, 1.82) is 0 Å². The first kappa shape index (κ1) is 15.3. The number of halogens is 1. The summed E-state index contributed by atoms with van der Waals surface area (Å²) in [6.45, 7) is 3.76. The van der Waals surface area contributed by atoms with E-state index in [1.165, 1.54) is 0 Å². The Kier molecular flexibility index (Phi) is 4.75. The summed E-state index contributed by atoms with van der Waals surface area (Å²) in [4.78, 5) is 17.0. The van der Waals surface area contributed by atoms with Crippen LogP contribution in [-0.4, -0.2) is 11.8 Å². The lowest BCUT2D eigenvalue weighted by Crippen LogP contribution is -2.15. The molecule has 0 aliphatic heterocycles. The first-order valence-corrected chi connectivity index (χ1v) is 7.14. The van der Waals surface area contributed by atoms with Crippen molar-refractivity contribution in [2.45, 2.75) is 13.8 Å². The molecule has 4 nitrogen and oxygen atoms in total. The van der Waals surface area contributed by atoms with Gasteiger partial charge in [-0.25, -0.2) is 4.79 Å². The Morgan fingerprint density at radius 3 is 2.67 bits per heavy atom. The van der Waals surface area contributed by atoms with Crippen LogP contribution in [-0.2, 0) is 4.84 Å².